The number of ether oxygens (including phenoxy) is 2. The van der Waals surface area contributed by atoms with E-state index in [2.05, 4.69) is 4.98 Å². The predicted octanol–water partition coefficient (Wildman–Crippen LogP) is 4.36. The highest BCUT2D eigenvalue weighted by Crippen LogP contribution is 2.20. The third-order valence-corrected chi connectivity index (χ3v) is 4.00. The maximum atomic E-state index is 12.0. The SMILES string of the molecule is CCOC(=O)c1c(CCCCOSC)[nH]c(C=O)c1C.COC(C)(C)C. The summed E-state index contributed by atoms with van der Waals surface area (Å²) in [4.78, 5) is 26.0. The maximum Gasteiger partial charge on any atom is 0.340 e. The molecule has 150 valence electrons. The van der Waals surface area contributed by atoms with Gasteiger partial charge in [0.15, 0.2) is 6.29 Å². The van der Waals surface area contributed by atoms with Crippen LogP contribution < -0.4 is 0 Å². The van der Waals surface area contributed by atoms with Gasteiger partial charge in [-0.05, 0) is 71.5 Å². The predicted molar refractivity (Wildman–Crippen MR) is 106 cm³/mol. The second-order valence-electron chi connectivity index (χ2n) is 6.62. The van der Waals surface area contributed by atoms with Crippen molar-refractivity contribution in [2.75, 3.05) is 26.6 Å². The lowest BCUT2D eigenvalue weighted by Gasteiger charge is -2.14. The number of carbonyl (C=O) groups is 2. The van der Waals surface area contributed by atoms with Crippen LogP contribution in [-0.4, -0.2) is 49.4 Å². The molecule has 1 heterocycles. The third kappa shape index (κ3) is 9.40. The largest absolute Gasteiger partial charge is 0.462 e. The van der Waals surface area contributed by atoms with Gasteiger partial charge in [0, 0.05) is 19.1 Å². The van der Waals surface area contributed by atoms with E-state index in [1.807, 2.05) is 27.0 Å². The third-order valence-electron chi connectivity index (χ3n) is 3.60. The van der Waals surface area contributed by atoms with Crippen molar-refractivity contribution in [2.24, 2.45) is 0 Å². The first-order valence-electron chi connectivity index (χ1n) is 8.76. The quantitative estimate of drug-likeness (QED) is 0.294. The van der Waals surface area contributed by atoms with Gasteiger partial charge in [-0.1, -0.05) is 0 Å². The van der Waals surface area contributed by atoms with Gasteiger partial charge in [0.25, 0.3) is 0 Å². The summed E-state index contributed by atoms with van der Waals surface area (Å²) in [6.07, 6.45) is 5.09. The van der Waals surface area contributed by atoms with E-state index in [9.17, 15) is 9.59 Å². The summed E-state index contributed by atoms with van der Waals surface area (Å²) in [7, 11) is 1.71. The van der Waals surface area contributed by atoms with Crippen LogP contribution in [0.15, 0.2) is 0 Å². The molecule has 0 bridgehead atoms. The van der Waals surface area contributed by atoms with E-state index in [-0.39, 0.29) is 11.6 Å². The molecular weight excluding hydrogens is 354 g/mol. The first-order chi connectivity index (χ1) is 12.2. The van der Waals surface area contributed by atoms with E-state index in [1.54, 1.807) is 21.0 Å². The molecule has 6 nitrogen and oxygen atoms in total. The highest BCUT2D eigenvalue weighted by molar-refractivity contribution is 7.93. The second-order valence-corrected chi connectivity index (χ2v) is 7.19. The smallest absolute Gasteiger partial charge is 0.340 e. The van der Waals surface area contributed by atoms with Crippen molar-refractivity contribution in [3.63, 3.8) is 0 Å². The Labute approximate surface area is 161 Å². The molecule has 0 aliphatic carbocycles. The van der Waals surface area contributed by atoms with Crippen LogP contribution in [0.25, 0.3) is 0 Å². The minimum Gasteiger partial charge on any atom is -0.462 e. The lowest BCUT2D eigenvalue weighted by molar-refractivity contribution is 0.0397. The molecule has 0 aromatic carbocycles. The number of esters is 1. The minimum absolute atomic E-state index is 0.0417. The van der Waals surface area contributed by atoms with E-state index in [0.717, 1.165) is 24.8 Å². The Balaban J connectivity index is 0.000000896. The summed E-state index contributed by atoms with van der Waals surface area (Å²) in [5.41, 5.74) is 2.42. The number of methoxy groups -OCH3 is 1. The van der Waals surface area contributed by atoms with Gasteiger partial charge in [0.2, 0.25) is 0 Å². The molecule has 7 heteroatoms. The van der Waals surface area contributed by atoms with Gasteiger partial charge in [-0.15, -0.1) is 0 Å². The Morgan fingerprint density at radius 1 is 1.27 bits per heavy atom. The number of aromatic nitrogens is 1. The number of nitrogens with one attached hydrogen (secondary N) is 1. The lowest BCUT2D eigenvalue weighted by Crippen LogP contribution is -2.15. The number of aromatic amines is 1. The van der Waals surface area contributed by atoms with E-state index in [1.165, 1.54) is 12.0 Å². The molecule has 0 unspecified atom stereocenters. The highest BCUT2D eigenvalue weighted by atomic mass is 32.2. The molecule has 0 saturated heterocycles. The van der Waals surface area contributed by atoms with Crippen LogP contribution in [0.1, 0.15) is 72.6 Å². The van der Waals surface area contributed by atoms with E-state index in [0.29, 0.717) is 36.5 Å². The van der Waals surface area contributed by atoms with Gasteiger partial charge in [-0.2, -0.15) is 0 Å². The summed E-state index contributed by atoms with van der Waals surface area (Å²) in [5.74, 6) is -0.371. The zero-order chi connectivity index (χ0) is 20.2. The number of hydrogen-bond acceptors (Lipinski definition) is 6. The van der Waals surface area contributed by atoms with E-state index in [4.69, 9.17) is 13.7 Å². The van der Waals surface area contributed by atoms with Gasteiger partial charge in [-0.25, -0.2) is 4.79 Å². The molecule has 0 aliphatic rings. The monoisotopic (exact) mass is 387 g/mol. The average Bonchev–Trinajstić information content (AvgIpc) is 2.90. The van der Waals surface area contributed by atoms with Crippen molar-refractivity contribution in [1.82, 2.24) is 4.98 Å². The Bertz CT molecular complexity index is 549. The molecule has 0 atom stereocenters. The molecule has 0 fully saturated rings. The van der Waals surface area contributed by atoms with Gasteiger partial charge in [0.1, 0.15) is 0 Å². The van der Waals surface area contributed by atoms with Crippen molar-refractivity contribution in [3.05, 3.63) is 22.5 Å². The van der Waals surface area contributed by atoms with Crippen LogP contribution in [0, 0.1) is 6.92 Å². The summed E-state index contributed by atoms with van der Waals surface area (Å²) in [5, 5.41) is 0. The summed E-state index contributed by atoms with van der Waals surface area (Å²) in [6.45, 7) is 10.6. The Morgan fingerprint density at radius 2 is 1.88 bits per heavy atom. The van der Waals surface area contributed by atoms with Crippen LogP contribution in [0.4, 0.5) is 0 Å². The maximum absolute atomic E-state index is 12.0. The second kappa shape index (κ2) is 12.9. The van der Waals surface area contributed by atoms with Crippen molar-refractivity contribution in [2.45, 2.75) is 59.5 Å². The topological polar surface area (TPSA) is 77.6 Å². The summed E-state index contributed by atoms with van der Waals surface area (Å²) >= 11 is 1.34. The molecule has 0 radical (unpaired) electrons. The standard InChI is InChI=1S/C14H21NO4S.C5H12O/c1-4-18-14(17)13-10(2)12(9-16)15-11(13)7-5-6-8-19-20-3;1-5(2,3)6-4/h9,15H,4-8H2,1-3H3;1-4H3. The Morgan fingerprint density at radius 3 is 2.35 bits per heavy atom. The number of rotatable bonds is 9. The fourth-order valence-corrected chi connectivity index (χ4v) is 2.30. The van der Waals surface area contributed by atoms with E-state index < -0.39 is 0 Å². The molecule has 0 spiro atoms. The molecule has 1 N–H and O–H groups in total. The Kier molecular flexibility index (Phi) is 12.3. The van der Waals surface area contributed by atoms with Crippen LogP contribution in [0.5, 0.6) is 0 Å². The van der Waals surface area contributed by atoms with E-state index >= 15 is 0 Å². The van der Waals surface area contributed by atoms with Gasteiger partial charge >= 0.3 is 5.97 Å². The number of H-pyrrole nitrogens is 1. The number of aryl methyl sites for hydroxylation is 1. The Hall–Kier alpha value is -1.31. The van der Waals surface area contributed by atoms with Crippen molar-refractivity contribution >= 4 is 24.3 Å². The van der Waals surface area contributed by atoms with Gasteiger partial charge in [0.05, 0.1) is 30.1 Å². The van der Waals surface area contributed by atoms with Crippen LogP contribution in [0.3, 0.4) is 0 Å². The number of carbonyl (C=O) groups excluding carboxylic acids is 2. The first-order valence-corrected chi connectivity index (χ1v) is 9.91. The summed E-state index contributed by atoms with van der Waals surface area (Å²) in [6, 6.07) is 0. The molecule has 26 heavy (non-hydrogen) atoms. The van der Waals surface area contributed by atoms with Crippen molar-refractivity contribution < 1.29 is 23.2 Å². The van der Waals surface area contributed by atoms with Crippen molar-refractivity contribution in [1.29, 1.82) is 0 Å². The summed E-state index contributed by atoms with van der Waals surface area (Å²) < 4.78 is 15.2. The molecular formula is C19H33NO5S. The van der Waals surface area contributed by atoms with Crippen molar-refractivity contribution in [3.8, 4) is 0 Å². The molecule has 1 aromatic heterocycles. The van der Waals surface area contributed by atoms with Crippen LogP contribution in [0.2, 0.25) is 0 Å². The number of unbranched alkanes of at least 4 members (excludes halogenated alkanes) is 1. The van der Waals surface area contributed by atoms with Gasteiger partial charge in [-0.3, -0.25) is 4.79 Å². The average molecular weight is 388 g/mol. The molecule has 0 amide bonds. The first kappa shape index (κ1) is 24.7. The number of hydrogen-bond donors (Lipinski definition) is 1. The zero-order valence-electron chi connectivity index (χ0n) is 17.1. The fraction of sp³-hybridized carbons (Fsp3) is 0.684. The number of aldehydes is 1. The molecule has 1 rings (SSSR count). The molecule has 0 aliphatic heterocycles. The van der Waals surface area contributed by atoms with Gasteiger partial charge < -0.3 is 18.6 Å². The lowest BCUT2D eigenvalue weighted by atomic mass is 10.1. The zero-order valence-corrected chi connectivity index (χ0v) is 17.9. The highest BCUT2D eigenvalue weighted by Gasteiger charge is 2.20. The molecule has 0 saturated carbocycles. The molecule has 1 aromatic rings. The van der Waals surface area contributed by atoms with Crippen LogP contribution >= 0.6 is 12.0 Å². The minimum atomic E-state index is -0.371. The fourth-order valence-electron chi connectivity index (χ4n) is 2.01. The normalized spacial score (nSPS) is 10.9. The van der Waals surface area contributed by atoms with Crippen LogP contribution in [-0.2, 0) is 20.1 Å².